The van der Waals surface area contributed by atoms with Crippen LogP contribution in [0.25, 0.3) is 0 Å². The van der Waals surface area contributed by atoms with Gasteiger partial charge in [-0.15, -0.1) is 37.2 Å². The molecule has 0 aliphatic carbocycles. The first kappa shape index (κ1) is 20.9. The van der Waals surface area contributed by atoms with Crippen LogP contribution in [-0.4, -0.2) is 29.7 Å². The zero-order valence-corrected chi connectivity index (χ0v) is 14.4. The molecule has 1 aliphatic rings. The van der Waals surface area contributed by atoms with E-state index >= 15 is 0 Å². The average molecular weight is 365 g/mol. The van der Waals surface area contributed by atoms with E-state index in [1.807, 2.05) is 30.5 Å². The lowest BCUT2D eigenvalue weighted by Gasteiger charge is -2.18. The van der Waals surface area contributed by atoms with Crippen LogP contribution in [0.15, 0.2) is 48.9 Å². The summed E-state index contributed by atoms with van der Waals surface area (Å²) in [6.07, 6.45) is 5.35. The molecule has 0 unspecified atom stereocenters. The predicted molar refractivity (Wildman–Crippen MR) is 94.8 cm³/mol. The van der Waals surface area contributed by atoms with Crippen LogP contribution in [0.1, 0.15) is 11.6 Å². The van der Waals surface area contributed by atoms with Crippen molar-refractivity contribution >= 4 is 37.2 Å². The molecule has 122 valence electrons. The Balaban J connectivity index is 0.00000147. The fourth-order valence-corrected chi connectivity index (χ4v) is 2.49. The maximum atomic E-state index is 5.81. The van der Waals surface area contributed by atoms with E-state index in [1.165, 1.54) is 0 Å². The largest absolute Gasteiger partial charge is 0.492 e. The van der Waals surface area contributed by atoms with E-state index in [1.54, 1.807) is 12.4 Å². The fraction of sp³-hybridized carbons (Fsp3) is 0.333. The van der Waals surface area contributed by atoms with Gasteiger partial charge in [0, 0.05) is 43.0 Å². The second-order valence-corrected chi connectivity index (χ2v) is 4.78. The number of rotatable bonds is 4. The van der Waals surface area contributed by atoms with Crippen LogP contribution < -0.4 is 10.1 Å². The minimum Gasteiger partial charge on any atom is -0.492 e. The summed E-state index contributed by atoms with van der Waals surface area (Å²) in [6, 6.07) is 9.91. The maximum Gasteiger partial charge on any atom is 0.137 e. The molecule has 4 nitrogen and oxygen atoms in total. The fourth-order valence-electron chi connectivity index (χ4n) is 2.49. The molecule has 7 heteroatoms. The first-order valence-electron chi connectivity index (χ1n) is 6.58. The Kier molecular flexibility index (Phi) is 10.1. The van der Waals surface area contributed by atoms with E-state index in [0.717, 1.165) is 24.5 Å². The SMILES string of the molecule is Cl.Cl.Cl.c1ccc([C@@H]2CNC[C@H]2COc2cccnc2)nc1. The summed E-state index contributed by atoms with van der Waals surface area (Å²) < 4.78 is 5.81. The van der Waals surface area contributed by atoms with Crippen molar-refractivity contribution in [1.29, 1.82) is 0 Å². The lowest BCUT2D eigenvalue weighted by molar-refractivity contribution is 0.246. The number of halogens is 3. The lowest BCUT2D eigenvalue weighted by Crippen LogP contribution is -2.20. The topological polar surface area (TPSA) is 47.0 Å². The number of hydrogen-bond donors (Lipinski definition) is 1. The van der Waals surface area contributed by atoms with Crippen molar-refractivity contribution in [2.45, 2.75) is 5.92 Å². The molecule has 1 N–H and O–H groups in total. The average Bonchev–Trinajstić information content (AvgIpc) is 2.95. The van der Waals surface area contributed by atoms with Crippen LogP contribution in [-0.2, 0) is 0 Å². The molecule has 2 atom stereocenters. The first-order valence-corrected chi connectivity index (χ1v) is 6.58. The molecule has 0 spiro atoms. The Labute approximate surface area is 149 Å². The van der Waals surface area contributed by atoms with Crippen LogP contribution in [0.5, 0.6) is 5.75 Å². The summed E-state index contributed by atoms with van der Waals surface area (Å²) in [6.45, 7) is 2.64. The summed E-state index contributed by atoms with van der Waals surface area (Å²) in [5, 5.41) is 3.42. The molecular formula is C15H20Cl3N3O. The third-order valence-corrected chi connectivity index (χ3v) is 3.51. The van der Waals surface area contributed by atoms with Gasteiger partial charge in [0.05, 0.1) is 12.8 Å². The predicted octanol–water partition coefficient (Wildman–Crippen LogP) is 3.12. The Bertz CT molecular complexity index is 516. The van der Waals surface area contributed by atoms with Crippen molar-refractivity contribution in [2.24, 2.45) is 5.92 Å². The van der Waals surface area contributed by atoms with E-state index in [9.17, 15) is 0 Å². The van der Waals surface area contributed by atoms with Gasteiger partial charge in [-0.25, -0.2) is 0 Å². The van der Waals surface area contributed by atoms with E-state index < -0.39 is 0 Å². The van der Waals surface area contributed by atoms with Crippen LogP contribution >= 0.6 is 37.2 Å². The zero-order chi connectivity index (χ0) is 12.9. The molecule has 2 aromatic rings. The second kappa shape index (κ2) is 10.6. The zero-order valence-electron chi connectivity index (χ0n) is 11.9. The molecule has 0 saturated carbocycles. The Morgan fingerprint density at radius 1 is 1.05 bits per heavy atom. The highest BCUT2D eigenvalue weighted by molar-refractivity contribution is 5.86. The van der Waals surface area contributed by atoms with Gasteiger partial charge in [-0.1, -0.05) is 6.07 Å². The molecular weight excluding hydrogens is 345 g/mol. The van der Waals surface area contributed by atoms with Crippen molar-refractivity contribution < 1.29 is 4.74 Å². The van der Waals surface area contributed by atoms with Crippen molar-refractivity contribution in [3.63, 3.8) is 0 Å². The van der Waals surface area contributed by atoms with Gasteiger partial charge in [-0.05, 0) is 24.3 Å². The van der Waals surface area contributed by atoms with Crippen molar-refractivity contribution in [3.05, 3.63) is 54.6 Å². The van der Waals surface area contributed by atoms with Gasteiger partial charge < -0.3 is 10.1 Å². The van der Waals surface area contributed by atoms with Gasteiger partial charge >= 0.3 is 0 Å². The molecule has 1 aliphatic heterocycles. The van der Waals surface area contributed by atoms with Gasteiger partial charge in [-0.2, -0.15) is 0 Å². The summed E-state index contributed by atoms with van der Waals surface area (Å²) in [7, 11) is 0. The van der Waals surface area contributed by atoms with E-state index in [0.29, 0.717) is 18.4 Å². The molecule has 0 radical (unpaired) electrons. The Morgan fingerprint density at radius 2 is 1.91 bits per heavy atom. The number of aromatic nitrogens is 2. The Morgan fingerprint density at radius 3 is 2.59 bits per heavy atom. The Hall–Kier alpha value is -1.07. The number of nitrogens with zero attached hydrogens (tertiary/aromatic N) is 2. The van der Waals surface area contributed by atoms with Gasteiger partial charge in [0.1, 0.15) is 5.75 Å². The van der Waals surface area contributed by atoms with E-state index in [4.69, 9.17) is 4.74 Å². The third kappa shape index (κ3) is 5.29. The molecule has 22 heavy (non-hydrogen) atoms. The van der Waals surface area contributed by atoms with Gasteiger partial charge in [-0.3, -0.25) is 9.97 Å². The molecule has 3 rings (SSSR count). The van der Waals surface area contributed by atoms with E-state index in [2.05, 4.69) is 21.4 Å². The molecule has 0 aromatic carbocycles. The molecule has 1 fully saturated rings. The summed E-state index contributed by atoms with van der Waals surface area (Å²) in [5.41, 5.74) is 1.15. The summed E-state index contributed by atoms with van der Waals surface area (Å²) in [4.78, 5) is 8.51. The van der Waals surface area contributed by atoms with Crippen LogP contribution in [0, 0.1) is 5.92 Å². The summed E-state index contributed by atoms with van der Waals surface area (Å²) in [5.74, 6) is 1.71. The number of ether oxygens (including phenoxy) is 1. The van der Waals surface area contributed by atoms with Crippen molar-refractivity contribution in [1.82, 2.24) is 15.3 Å². The first-order chi connectivity index (χ1) is 9.43. The quantitative estimate of drug-likeness (QED) is 0.905. The highest BCUT2D eigenvalue weighted by Crippen LogP contribution is 2.27. The minimum absolute atomic E-state index is 0. The van der Waals surface area contributed by atoms with E-state index in [-0.39, 0.29) is 37.2 Å². The second-order valence-electron chi connectivity index (χ2n) is 4.78. The third-order valence-electron chi connectivity index (χ3n) is 3.51. The van der Waals surface area contributed by atoms with Crippen molar-refractivity contribution in [3.8, 4) is 5.75 Å². The standard InChI is InChI=1S/C15H17N3O.3ClH/c1-2-7-18-15(5-1)14-10-17-8-12(14)11-19-13-4-3-6-16-9-13;;;/h1-7,9,12,14,17H,8,10-11H2;3*1H/t12-,14+;;;/m0.../s1. The minimum atomic E-state index is 0. The highest BCUT2D eigenvalue weighted by atomic mass is 35.5. The molecule has 3 heterocycles. The van der Waals surface area contributed by atoms with Crippen LogP contribution in [0.3, 0.4) is 0 Å². The molecule has 1 saturated heterocycles. The number of nitrogens with one attached hydrogen (secondary N) is 1. The highest BCUT2D eigenvalue weighted by Gasteiger charge is 2.29. The van der Waals surface area contributed by atoms with Gasteiger partial charge in [0.2, 0.25) is 0 Å². The van der Waals surface area contributed by atoms with Gasteiger partial charge in [0.15, 0.2) is 0 Å². The number of pyridine rings is 2. The maximum absolute atomic E-state index is 5.81. The van der Waals surface area contributed by atoms with Crippen LogP contribution in [0.2, 0.25) is 0 Å². The molecule has 2 aromatic heterocycles. The lowest BCUT2D eigenvalue weighted by atomic mass is 9.93. The molecule has 0 bridgehead atoms. The monoisotopic (exact) mass is 363 g/mol. The summed E-state index contributed by atoms with van der Waals surface area (Å²) >= 11 is 0. The number of hydrogen-bond acceptors (Lipinski definition) is 4. The smallest absolute Gasteiger partial charge is 0.137 e. The molecule has 0 amide bonds. The van der Waals surface area contributed by atoms with Crippen LogP contribution in [0.4, 0.5) is 0 Å². The normalized spacial score (nSPS) is 19.3. The van der Waals surface area contributed by atoms with Gasteiger partial charge in [0.25, 0.3) is 0 Å². The van der Waals surface area contributed by atoms with Crippen molar-refractivity contribution in [2.75, 3.05) is 19.7 Å².